The van der Waals surface area contributed by atoms with Crippen molar-refractivity contribution in [3.05, 3.63) is 44.7 Å². The Labute approximate surface area is 97.3 Å². The Morgan fingerprint density at radius 1 is 1.44 bits per heavy atom. The topological polar surface area (TPSA) is 56.6 Å². The number of pyridine rings is 1. The monoisotopic (exact) mass is 232 g/mol. The van der Waals surface area contributed by atoms with E-state index >= 15 is 0 Å². The molecule has 0 amide bonds. The normalized spacial score (nSPS) is 10.3. The van der Waals surface area contributed by atoms with Gasteiger partial charge in [-0.05, 0) is 24.6 Å². The van der Waals surface area contributed by atoms with Crippen LogP contribution in [-0.2, 0) is 6.42 Å². The molecule has 0 bridgehead atoms. The Bertz CT molecular complexity index is 652. The number of aryl methyl sites for hydroxylation is 1. The number of nitrogens with zero attached hydrogens (tertiary/aromatic N) is 1. The molecule has 0 spiro atoms. The summed E-state index contributed by atoms with van der Waals surface area (Å²) in [6, 6.07) is 6.88. The Hall–Kier alpha value is -1.79. The van der Waals surface area contributed by atoms with Crippen LogP contribution in [0.25, 0.3) is 10.9 Å². The minimum absolute atomic E-state index is 0.107. The summed E-state index contributed by atoms with van der Waals surface area (Å²) in [5.74, 6) is 0. The highest BCUT2D eigenvalue weighted by Crippen LogP contribution is 2.19. The average Bonchev–Trinajstić information content (AvgIpc) is 2.20. The van der Waals surface area contributed by atoms with E-state index in [0.29, 0.717) is 16.1 Å². The summed E-state index contributed by atoms with van der Waals surface area (Å²) >= 11 is 5.89. The molecular weight excluding hydrogens is 224 g/mol. The lowest BCUT2D eigenvalue weighted by atomic mass is 10.1. The van der Waals surface area contributed by atoms with E-state index in [1.165, 1.54) is 6.07 Å². The van der Waals surface area contributed by atoms with Gasteiger partial charge in [0.05, 0.1) is 18.0 Å². The van der Waals surface area contributed by atoms with E-state index in [1.54, 1.807) is 12.1 Å². The maximum atomic E-state index is 11.8. The maximum absolute atomic E-state index is 11.8. The smallest absolute Gasteiger partial charge is 0.189 e. The van der Waals surface area contributed by atoms with Gasteiger partial charge in [-0.1, -0.05) is 11.6 Å². The van der Waals surface area contributed by atoms with Gasteiger partial charge in [0, 0.05) is 22.2 Å². The molecule has 1 aromatic heterocycles. The lowest BCUT2D eigenvalue weighted by Gasteiger charge is -2.05. The van der Waals surface area contributed by atoms with Gasteiger partial charge in [-0.15, -0.1) is 0 Å². The summed E-state index contributed by atoms with van der Waals surface area (Å²) in [4.78, 5) is 14.9. The molecule has 0 radical (unpaired) electrons. The summed E-state index contributed by atoms with van der Waals surface area (Å²) in [7, 11) is 0. The van der Waals surface area contributed by atoms with Gasteiger partial charge in [0.1, 0.15) is 0 Å². The highest BCUT2D eigenvalue weighted by molar-refractivity contribution is 6.31. The fourth-order valence-corrected chi connectivity index (χ4v) is 1.99. The van der Waals surface area contributed by atoms with Crippen molar-refractivity contribution in [2.45, 2.75) is 13.3 Å². The van der Waals surface area contributed by atoms with Gasteiger partial charge < -0.3 is 4.98 Å². The summed E-state index contributed by atoms with van der Waals surface area (Å²) in [6.07, 6.45) is 0.202. The molecule has 2 aromatic rings. The molecule has 0 aliphatic rings. The van der Waals surface area contributed by atoms with Crippen molar-refractivity contribution in [2.24, 2.45) is 0 Å². The van der Waals surface area contributed by atoms with Crippen LogP contribution in [0.2, 0.25) is 5.02 Å². The zero-order valence-corrected chi connectivity index (χ0v) is 9.43. The first-order valence-electron chi connectivity index (χ1n) is 4.81. The number of benzene rings is 1. The molecule has 0 saturated carbocycles. The molecule has 80 valence electrons. The molecule has 0 saturated heterocycles. The van der Waals surface area contributed by atoms with Gasteiger partial charge in [-0.2, -0.15) is 5.26 Å². The minimum atomic E-state index is -0.107. The van der Waals surface area contributed by atoms with Crippen molar-refractivity contribution in [3.8, 4) is 6.07 Å². The van der Waals surface area contributed by atoms with Crippen LogP contribution in [-0.4, -0.2) is 4.98 Å². The third-order valence-corrected chi connectivity index (χ3v) is 2.64. The Morgan fingerprint density at radius 2 is 2.19 bits per heavy atom. The lowest BCUT2D eigenvalue weighted by molar-refractivity contribution is 1.13. The van der Waals surface area contributed by atoms with Crippen molar-refractivity contribution >= 4 is 22.5 Å². The molecule has 1 heterocycles. The molecule has 0 aliphatic heterocycles. The predicted octanol–water partition coefficient (Wildman–Crippen LogP) is 2.56. The first-order valence-corrected chi connectivity index (χ1v) is 5.18. The van der Waals surface area contributed by atoms with Crippen LogP contribution >= 0.6 is 11.6 Å². The number of H-pyrrole nitrogens is 1. The van der Waals surface area contributed by atoms with E-state index in [0.717, 1.165) is 11.1 Å². The highest BCUT2D eigenvalue weighted by atomic mass is 35.5. The zero-order valence-electron chi connectivity index (χ0n) is 8.67. The van der Waals surface area contributed by atoms with Crippen LogP contribution in [0.4, 0.5) is 0 Å². The molecule has 16 heavy (non-hydrogen) atoms. The predicted molar refractivity (Wildman–Crippen MR) is 63.6 cm³/mol. The zero-order chi connectivity index (χ0) is 11.7. The molecule has 1 aromatic carbocycles. The van der Waals surface area contributed by atoms with Crippen LogP contribution in [0.5, 0.6) is 0 Å². The number of nitrogens with one attached hydrogen (secondary N) is 1. The number of rotatable bonds is 1. The van der Waals surface area contributed by atoms with E-state index in [9.17, 15) is 4.79 Å². The van der Waals surface area contributed by atoms with Crippen molar-refractivity contribution in [1.29, 1.82) is 5.26 Å². The SMILES string of the molecule is Cc1cc(Cl)cc2c(=O)cc(CC#N)[nH]c12. The molecule has 2 rings (SSSR count). The van der Waals surface area contributed by atoms with Gasteiger partial charge >= 0.3 is 0 Å². The molecule has 0 fully saturated rings. The summed E-state index contributed by atoms with van der Waals surface area (Å²) in [5, 5.41) is 9.71. The maximum Gasteiger partial charge on any atom is 0.189 e. The third kappa shape index (κ3) is 1.80. The second-order valence-electron chi connectivity index (χ2n) is 3.64. The molecule has 0 atom stereocenters. The van der Waals surface area contributed by atoms with Crippen molar-refractivity contribution in [2.75, 3.05) is 0 Å². The Morgan fingerprint density at radius 3 is 2.88 bits per heavy atom. The number of halogens is 1. The third-order valence-electron chi connectivity index (χ3n) is 2.43. The molecule has 3 nitrogen and oxygen atoms in total. The Balaban J connectivity index is 2.83. The van der Waals surface area contributed by atoms with Crippen LogP contribution in [0, 0.1) is 18.3 Å². The number of aromatic amines is 1. The van der Waals surface area contributed by atoms with E-state index < -0.39 is 0 Å². The van der Waals surface area contributed by atoms with Crippen LogP contribution in [0.3, 0.4) is 0 Å². The molecule has 0 unspecified atom stereocenters. The quantitative estimate of drug-likeness (QED) is 0.822. The van der Waals surface area contributed by atoms with Crippen LogP contribution < -0.4 is 5.43 Å². The highest BCUT2D eigenvalue weighted by Gasteiger charge is 2.05. The fraction of sp³-hybridized carbons (Fsp3) is 0.167. The van der Waals surface area contributed by atoms with Crippen molar-refractivity contribution in [1.82, 2.24) is 4.98 Å². The fourth-order valence-electron chi connectivity index (χ4n) is 1.72. The second-order valence-corrected chi connectivity index (χ2v) is 4.08. The van der Waals surface area contributed by atoms with Crippen LogP contribution in [0.1, 0.15) is 11.3 Å². The van der Waals surface area contributed by atoms with Gasteiger partial charge in [0.2, 0.25) is 0 Å². The molecule has 0 aliphatic carbocycles. The molecular formula is C12H9ClN2O. The van der Waals surface area contributed by atoms with Gasteiger partial charge in [-0.25, -0.2) is 0 Å². The summed E-state index contributed by atoms with van der Waals surface area (Å²) < 4.78 is 0. The van der Waals surface area contributed by atoms with E-state index in [4.69, 9.17) is 16.9 Å². The van der Waals surface area contributed by atoms with Gasteiger partial charge in [-0.3, -0.25) is 4.79 Å². The van der Waals surface area contributed by atoms with E-state index in [-0.39, 0.29) is 11.8 Å². The lowest BCUT2D eigenvalue weighted by Crippen LogP contribution is -2.05. The van der Waals surface area contributed by atoms with E-state index in [1.807, 2.05) is 13.0 Å². The van der Waals surface area contributed by atoms with Crippen molar-refractivity contribution in [3.63, 3.8) is 0 Å². The largest absolute Gasteiger partial charge is 0.357 e. The van der Waals surface area contributed by atoms with E-state index in [2.05, 4.69) is 4.98 Å². The van der Waals surface area contributed by atoms with Gasteiger partial charge in [0.25, 0.3) is 0 Å². The number of hydrogen-bond donors (Lipinski definition) is 1. The number of fused-ring (bicyclic) bond motifs is 1. The summed E-state index contributed by atoms with van der Waals surface area (Å²) in [5.41, 5.74) is 2.18. The first kappa shape index (κ1) is 10.7. The summed E-state index contributed by atoms with van der Waals surface area (Å²) in [6.45, 7) is 1.88. The number of hydrogen-bond acceptors (Lipinski definition) is 2. The first-order chi connectivity index (χ1) is 7.61. The molecule has 4 heteroatoms. The number of nitriles is 1. The second kappa shape index (κ2) is 3.99. The number of aromatic nitrogens is 1. The van der Waals surface area contributed by atoms with Gasteiger partial charge in [0.15, 0.2) is 5.43 Å². The average molecular weight is 233 g/mol. The minimum Gasteiger partial charge on any atom is -0.357 e. The molecule has 1 N–H and O–H groups in total. The van der Waals surface area contributed by atoms with Crippen LogP contribution in [0.15, 0.2) is 23.0 Å². The Kier molecular flexibility index (Phi) is 2.67. The van der Waals surface area contributed by atoms with Crippen molar-refractivity contribution < 1.29 is 0 Å². The standard InChI is InChI=1S/C12H9ClN2O/c1-7-4-8(13)5-10-11(16)6-9(2-3-14)15-12(7)10/h4-6H,2H2,1H3,(H,15,16).